The van der Waals surface area contributed by atoms with Crippen molar-refractivity contribution >= 4 is 20.7 Å². The SMILES string of the molecule is CN1CCC(C(C)(C)CNC(=O)Br)CC1. The molecule has 0 unspecified atom stereocenters. The highest BCUT2D eigenvalue weighted by Gasteiger charge is 2.31. The first-order chi connectivity index (χ1) is 6.92. The lowest BCUT2D eigenvalue weighted by atomic mass is 9.73. The Labute approximate surface area is 101 Å². The van der Waals surface area contributed by atoms with Gasteiger partial charge in [0.15, 0.2) is 0 Å². The van der Waals surface area contributed by atoms with E-state index in [0.717, 1.165) is 6.54 Å². The predicted molar refractivity (Wildman–Crippen MR) is 66.3 cm³/mol. The lowest BCUT2D eigenvalue weighted by Gasteiger charge is -2.39. The molecule has 88 valence electrons. The summed E-state index contributed by atoms with van der Waals surface area (Å²) in [6.45, 7) is 7.59. The van der Waals surface area contributed by atoms with Crippen LogP contribution in [0.25, 0.3) is 0 Å². The third kappa shape index (κ3) is 4.11. The predicted octanol–water partition coefficient (Wildman–Crippen LogP) is 2.46. The standard InChI is InChI=1S/C11H21BrN2O/c1-11(2,8-13-10(12)15)9-4-6-14(3)7-5-9/h9H,4-8H2,1-3H3,(H,13,15). The first-order valence-electron chi connectivity index (χ1n) is 5.54. The quantitative estimate of drug-likeness (QED) is 0.635. The Kier molecular flexibility index (Phi) is 4.59. The minimum atomic E-state index is -0.108. The Balaban J connectivity index is 2.42. The van der Waals surface area contributed by atoms with Crippen LogP contribution in [-0.4, -0.2) is 36.4 Å². The number of carbonyl (C=O) groups excluding carboxylic acids is 1. The van der Waals surface area contributed by atoms with Crippen molar-refractivity contribution < 1.29 is 4.79 Å². The molecule has 1 fully saturated rings. The molecular formula is C11H21BrN2O. The summed E-state index contributed by atoms with van der Waals surface area (Å²) in [5.74, 6) is 0.716. The van der Waals surface area contributed by atoms with Crippen LogP contribution in [0.3, 0.4) is 0 Å². The van der Waals surface area contributed by atoms with E-state index in [1.165, 1.54) is 25.9 Å². The van der Waals surface area contributed by atoms with Crippen molar-refractivity contribution in [2.24, 2.45) is 11.3 Å². The first-order valence-corrected chi connectivity index (χ1v) is 6.33. The van der Waals surface area contributed by atoms with E-state index in [0.29, 0.717) is 5.92 Å². The van der Waals surface area contributed by atoms with Crippen LogP contribution in [0, 0.1) is 11.3 Å². The fourth-order valence-electron chi connectivity index (χ4n) is 2.23. The summed E-state index contributed by atoms with van der Waals surface area (Å²) in [6.07, 6.45) is 2.48. The molecule has 0 spiro atoms. The van der Waals surface area contributed by atoms with Gasteiger partial charge in [0, 0.05) is 22.5 Å². The fraction of sp³-hybridized carbons (Fsp3) is 0.909. The number of likely N-dealkylation sites (tertiary alicyclic amines) is 1. The van der Waals surface area contributed by atoms with Crippen molar-refractivity contribution in [1.82, 2.24) is 10.2 Å². The number of hydrogen-bond acceptors (Lipinski definition) is 2. The zero-order valence-corrected chi connectivity index (χ0v) is 11.4. The first kappa shape index (κ1) is 13.0. The molecule has 1 aliphatic rings. The van der Waals surface area contributed by atoms with Gasteiger partial charge in [-0.25, -0.2) is 0 Å². The number of piperidine rings is 1. The minimum Gasteiger partial charge on any atom is -0.346 e. The third-order valence-corrected chi connectivity index (χ3v) is 3.79. The molecule has 15 heavy (non-hydrogen) atoms. The Bertz CT molecular complexity index is 223. The van der Waals surface area contributed by atoms with Gasteiger partial charge in [0.25, 0.3) is 4.82 Å². The molecular weight excluding hydrogens is 256 g/mol. The number of rotatable bonds is 3. The second kappa shape index (κ2) is 5.30. The second-order valence-electron chi connectivity index (χ2n) is 5.19. The van der Waals surface area contributed by atoms with Gasteiger partial charge in [-0.3, -0.25) is 4.79 Å². The Morgan fingerprint density at radius 3 is 2.47 bits per heavy atom. The minimum absolute atomic E-state index is 0.108. The molecule has 0 aliphatic carbocycles. The van der Waals surface area contributed by atoms with E-state index in [4.69, 9.17) is 0 Å². The molecule has 3 nitrogen and oxygen atoms in total. The van der Waals surface area contributed by atoms with Crippen LogP contribution in [-0.2, 0) is 0 Å². The van der Waals surface area contributed by atoms with E-state index in [-0.39, 0.29) is 10.2 Å². The van der Waals surface area contributed by atoms with Crippen molar-refractivity contribution in [2.45, 2.75) is 26.7 Å². The van der Waals surface area contributed by atoms with Crippen molar-refractivity contribution in [3.63, 3.8) is 0 Å². The molecule has 1 rings (SSSR count). The van der Waals surface area contributed by atoms with Gasteiger partial charge in [0.1, 0.15) is 0 Å². The highest BCUT2D eigenvalue weighted by atomic mass is 79.9. The normalized spacial score (nSPS) is 20.3. The average molecular weight is 277 g/mol. The summed E-state index contributed by atoms with van der Waals surface area (Å²) in [7, 11) is 2.17. The molecule has 0 atom stereocenters. The topological polar surface area (TPSA) is 32.3 Å². The van der Waals surface area contributed by atoms with E-state index in [1.807, 2.05) is 0 Å². The van der Waals surface area contributed by atoms with Gasteiger partial charge in [-0.15, -0.1) is 0 Å². The van der Waals surface area contributed by atoms with E-state index in [2.05, 4.69) is 47.0 Å². The van der Waals surface area contributed by atoms with Crippen molar-refractivity contribution in [1.29, 1.82) is 0 Å². The Hall–Kier alpha value is -0.0900. The van der Waals surface area contributed by atoms with Crippen LogP contribution in [0.1, 0.15) is 26.7 Å². The molecule has 1 saturated heterocycles. The number of nitrogens with one attached hydrogen (secondary N) is 1. The van der Waals surface area contributed by atoms with E-state index in [1.54, 1.807) is 0 Å². The van der Waals surface area contributed by atoms with Gasteiger partial charge in [0.2, 0.25) is 0 Å². The molecule has 1 N–H and O–H groups in total. The zero-order chi connectivity index (χ0) is 11.5. The smallest absolute Gasteiger partial charge is 0.287 e. The van der Waals surface area contributed by atoms with Crippen molar-refractivity contribution in [2.75, 3.05) is 26.7 Å². The maximum atomic E-state index is 10.8. The van der Waals surface area contributed by atoms with Gasteiger partial charge in [0.05, 0.1) is 0 Å². The van der Waals surface area contributed by atoms with Gasteiger partial charge < -0.3 is 10.2 Å². The molecule has 0 radical (unpaired) electrons. The summed E-state index contributed by atoms with van der Waals surface area (Å²) >= 11 is 2.90. The van der Waals surface area contributed by atoms with Crippen molar-refractivity contribution in [3.05, 3.63) is 0 Å². The number of amides is 1. The van der Waals surface area contributed by atoms with Crippen molar-refractivity contribution in [3.8, 4) is 0 Å². The maximum Gasteiger partial charge on any atom is 0.287 e. The number of halogens is 1. The molecule has 1 amide bonds. The van der Waals surface area contributed by atoms with Crippen LogP contribution in [0.4, 0.5) is 4.79 Å². The molecule has 4 heteroatoms. The summed E-state index contributed by atoms with van der Waals surface area (Å²) in [6, 6.07) is 0. The number of hydrogen-bond donors (Lipinski definition) is 1. The summed E-state index contributed by atoms with van der Waals surface area (Å²) in [4.78, 5) is 13.1. The third-order valence-electron chi connectivity index (χ3n) is 3.51. The zero-order valence-electron chi connectivity index (χ0n) is 9.85. The van der Waals surface area contributed by atoms with E-state index >= 15 is 0 Å². The lowest BCUT2D eigenvalue weighted by Crippen LogP contribution is -2.42. The Morgan fingerprint density at radius 1 is 1.47 bits per heavy atom. The van der Waals surface area contributed by atoms with Crippen LogP contribution < -0.4 is 5.32 Å². The molecule has 1 aliphatic heterocycles. The summed E-state index contributed by atoms with van der Waals surface area (Å²) < 4.78 is 0. The average Bonchev–Trinajstić information content (AvgIpc) is 2.16. The molecule has 0 aromatic rings. The monoisotopic (exact) mass is 276 g/mol. The van der Waals surface area contributed by atoms with Crippen LogP contribution in [0.15, 0.2) is 0 Å². The number of nitrogens with zero attached hydrogens (tertiary/aromatic N) is 1. The molecule has 0 aromatic heterocycles. The second-order valence-corrected chi connectivity index (χ2v) is 5.91. The van der Waals surface area contributed by atoms with Gasteiger partial charge in [-0.1, -0.05) is 13.8 Å². The van der Waals surface area contributed by atoms with Gasteiger partial charge in [-0.2, -0.15) is 0 Å². The molecule has 1 heterocycles. The molecule has 0 bridgehead atoms. The summed E-state index contributed by atoms with van der Waals surface area (Å²) in [5, 5.41) is 2.86. The molecule has 0 aromatic carbocycles. The number of carbonyl (C=O) groups is 1. The highest BCUT2D eigenvalue weighted by molar-refractivity contribution is 9.18. The summed E-state index contributed by atoms with van der Waals surface area (Å²) in [5.41, 5.74) is 0.199. The highest BCUT2D eigenvalue weighted by Crippen LogP contribution is 2.34. The lowest BCUT2D eigenvalue weighted by molar-refractivity contribution is 0.115. The maximum absolute atomic E-state index is 10.8. The molecule has 0 saturated carbocycles. The van der Waals surface area contributed by atoms with Crippen LogP contribution in [0.2, 0.25) is 0 Å². The van der Waals surface area contributed by atoms with E-state index < -0.39 is 0 Å². The van der Waals surface area contributed by atoms with Gasteiger partial charge >= 0.3 is 0 Å². The van der Waals surface area contributed by atoms with E-state index in [9.17, 15) is 4.79 Å². The fourth-order valence-corrected chi connectivity index (χ4v) is 2.37. The van der Waals surface area contributed by atoms with Crippen LogP contribution >= 0.6 is 15.9 Å². The Morgan fingerprint density at radius 2 is 2.00 bits per heavy atom. The van der Waals surface area contributed by atoms with Crippen LogP contribution in [0.5, 0.6) is 0 Å². The van der Waals surface area contributed by atoms with Gasteiger partial charge in [-0.05, 0) is 44.3 Å². The largest absolute Gasteiger partial charge is 0.346 e.